The van der Waals surface area contributed by atoms with Crippen LogP contribution >= 0.6 is 0 Å². The largest absolute Gasteiger partial charge is 0.462 e. The van der Waals surface area contributed by atoms with Gasteiger partial charge in [0.05, 0.1) is 5.92 Å². The van der Waals surface area contributed by atoms with Gasteiger partial charge in [-0.25, -0.2) is 8.78 Å². The predicted molar refractivity (Wildman–Crippen MR) is 108 cm³/mol. The molecule has 0 bridgehead atoms. The third kappa shape index (κ3) is 6.53. The van der Waals surface area contributed by atoms with E-state index in [1.54, 1.807) is 0 Å². The molecule has 172 valence electrons. The highest BCUT2D eigenvalue weighted by Crippen LogP contribution is 2.37. The standard InChI is InChI=1S/C24H29F5O2/c1-2-15-3-5-17(6-4-15)23(30)31-19-9-7-16(8-10-19)18-13-21(25)20(22(26)14-18)11-12-24(27,28)29/h11-17,19H,2-10H2,1H3/b12-11+. The molecule has 2 fully saturated rings. The molecule has 0 saturated heterocycles. The second-order valence-electron chi connectivity index (χ2n) is 8.81. The van der Waals surface area contributed by atoms with Gasteiger partial charge in [0.15, 0.2) is 0 Å². The van der Waals surface area contributed by atoms with E-state index in [9.17, 15) is 26.7 Å². The van der Waals surface area contributed by atoms with Crippen LogP contribution in [0.1, 0.15) is 81.8 Å². The molecule has 2 saturated carbocycles. The normalized spacial score (nSPS) is 27.4. The Morgan fingerprint density at radius 2 is 1.58 bits per heavy atom. The minimum absolute atomic E-state index is 0.0268. The summed E-state index contributed by atoms with van der Waals surface area (Å²) < 4.78 is 71.0. The van der Waals surface area contributed by atoms with E-state index >= 15 is 0 Å². The molecule has 2 aliphatic rings. The minimum atomic E-state index is -4.64. The minimum Gasteiger partial charge on any atom is -0.462 e. The number of benzene rings is 1. The highest BCUT2D eigenvalue weighted by molar-refractivity contribution is 5.72. The number of carbonyl (C=O) groups is 1. The molecule has 2 nitrogen and oxygen atoms in total. The molecule has 2 aliphatic carbocycles. The van der Waals surface area contributed by atoms with E-state index in [4.69, 9.17) is 4.74 Å². The van der Waals surface area contributed by atoms with Gasteiger partial charge in [0.2, 0.25) is 0 Å². The van der Waals surface area contributed by atoms with Crippen LogP contribution in [0.25, 0.3) is 6.08 Å². The molecule has 7 heteroatoms. The van der Waals surface area contributed by atoms with Crippen LogP contribution in [-0.4, -0.2) is 18.2 Å². The number of hydrogen-bond donors (Lipinski definition) is 0. The first-order valence-corrected chi connectivity index (χ1v) is 11.1. The Kier molecular flexibility index (Phi) is 7.76. The van der Waals surface area contributed by atoms with Gasteiger partial charge in [0.25, 0.3) is 0 Å². The van der Waals surface area contributed by atoms with Crippen molar-refractivity contribution < 1.29 is 31.5 Å². The molecule has 0 N–H and O–H groups in total. The van der Waals surface area contributed by atoms with Crippen molar-refractivity contribution in [1.82, 2.24) is 0 Å². The van der Waals surface area contributed by atoms with Crippen LogP contribution in [0, 0.1) is 23.5 Å². The maximum absolute atomic E-state index is 14.2. The summed E-state index contributed by atoms with van der Waals surface area (Å²) >= 11 is 0. The molecule has 0 heterocycles. The fourth-order valence-electron chi connectivity index (χ4n) is 4.76. The smallest absolute Gasteiger partial charge is 0.409 e. The Hall–Kier alpha value is -1.92. The summed E-state index contributed by atoms with van der Waals surface area (Å²) in [5, 5.41) is 0. The summed E-state index contributed by atoms with van der Waals surface area (Å²) in [4.78, 5) is 12.5. The lowest BCUT2D eigenvalue weighted by Gasteiger charge is -2.31. The van der Waals surface area contributed by atoms with Crippen LogP contribution in [0.4, 0.5) is 22.0 Å². The Bertz CT molecular complexity index is 763. The Balaban J connectivity index is 1.54. The molecule has 0 radical (unpaired) electrons. The topological polar surface area (TPSA) is 26.3 Å². The second kappa shape index (κ2) is 10.1. The van der Waals surface area contributed by atoms with Gasteiger partial charge in [0.1, 0.15) is 17.7 Å². The van der Waals surface area contributed by atoms with Crippen molar-refractivity contribution in [3.8, 4) is 0 Å². The summed E-state index contributed by atoms with van der Waals surface area (Å²) in [5.41, 5.74) is -0.261. The van der Waals surface area contributed by atoms with Crippen molar-refractivity contribution in [3.63, 3.8) is 0 Å². The lowest BCUT2D eigenvalue weighted by molar-refractivity contribution is -0.157. The average molecular weight is 444 g/mol. The quantitative estimate of drug-likeness (QED) is 0.351. The van der Waals surface area contributed by atoms with Gasteiger partial charge in [-0.3, -0.25) is 4.79 Å². The van der Waals surface area contributed by atoms with Gasteiger partial charge >= 0.3 is 12.1 Å². The summed E-state index contributed by atoms with van der Waals surface area (Å²) in [6, 6.07) is 2.23. The van der Waals surface area contributed by atoms with Gasteiger partial charge in [0, 0.05) is 11.6 Å². The third-order valence-corrected chi connectivity index (χ3v) is 6.73. The molecular formula is C24H29F5O2. The molecule has 0 aliphatic heterocycles. The first-order valence-electron chi connectivity index (χ1n) is 11.1. The molecule has 31 heavy (non-hydrogen) atoms. The number of allylic oxidation sites excluding steroid dienone is 1. The van der Waals surface area contributed by atoms with Gasteiger partial charge in [-0.1, -0.05) is 13.3 Å². The number of carbonyl (C=O) groups excluding carboxylic acids is 1. The van der Waals surface area contributed by atoms with E-state index in [-0.39, 0.29) is 30.0 Å². The van der Waals surface area contributed by atoms with Gasteiger partial charge in [-0.15, -0.1) is 0 Å². The Morgan fingerprint density at radius 3 is 2.10 bits per heavy atom. The Labute approximate surface area is 179 Å². The van der Waals surface area contributed by atoms with Crippen molar-refractivity contribution in [1.29, 1.82) is 0 Å². The number of hydrogen-bond acceptors (Lipinski definition) is 2. The maximum Gasteiger partial charge on any atom is 0.409 e. The van der Waals surface area contributed by atoms with Crippen LogP contribution < -0.4 is 0 Å². The number of ether oxygens (including phenoxy) is 1. The molecule has 1 aromatic rings. The van der Waals surface area contributed by atoms with E-state index < -0.39 is 23.4 Å². The first-order chi connectivity index (χ1) is 14.7. The lowest BCUT2D eigenvalue weighted by Crippen LogP contribution is -2.29. The average Bonchev–Trinajstić information content (AvgIpc) is 2.73. The van der Waals surface area contributed by atoms with E-state index in [1.807, 2.05) is 0 Å². The summed E-state index contributed by atoms with van der Waals surface area (Å²) in [6.07, 6.45) is 2.88. The number of alkyl halides is 3. The summed E-state index contributed by atoms with van der Waals surface area (Å²) in [5.74, 6) is -1.58. The van der Waals surface area contributed by atoms with Crippen molar-refractivity contribution >= 4 is 12.0 Å². The molecule has 0 unspecified atom stereocenters. The zero-order valence-corrected chi connectivity index (χ0v) is 17.7. The summed E-state index contributed by atoms with van der Waals surface area (Å²) in [6.45, 7) is 2.17. The van der Waals surface area contributed by atoms with Gasteiger partial charge < -0.3 is 4.74 Å². The first kappa shape index (κ1) is 23.7. The number of halogens is 5. The maximum atomic E-state index is 14.2. The van der Waals surface area contributed by atoms with E-state index in [2.05, 4.69) is 6.92 Å². The van der Waals surface area contributed by atoms with E-state index in [1.165, 1.54) is 0 Å². The SMILES string of the molecule is CCC1CCC(C(=O)OC2CCC(c3cc(F)c(/C=C/C(F)(F)F)c(F)c3)CC2)CC1. The lowest BCUT2D eigenvalue weighted by atomic mass is 9.80. The molecule has 0 aromatic heterocycles. The van der Waals surface area contributed by atoms with Crippen molar-refractivity contribution in [2.45, 2.75) is 82.9 Å². The van der Waals surface area contributed by atoms with Crippen LogP contribution in [0.2, 0.25) is 0 Å². The molecule has 3 rings (SSSR count). The van der Waals surface area contributed by atoms with Crippen molar-refractivity contribution in [2.75, 3.05) is 0 Å². The molecular weight excluding hydrogens is 415 g/mol. The van der Waals surface area contributed by atoms with E-state index in [0.29, 0.717) is 43.2 Å². The van der Waals surface area contributed by atoms with Crippen molar-refractivity contribution in [3.05, 3.63) is 41.0 Å². The predicted octanol–water partition coefficient (Wildman–Crippen LogP) is 7.33. The van der Waals surface area contributed by atoms with Crippen molar-refractivity contribution in [2.24, 2.45) is 11.8 Å². The number of esters is 1. The monoisotopic (exact) mass is 444 g/mol. The third-order valence-electron chi connectivity index (χ3n) is 6.73. The van der Waals surface area contributed by atoms with Gasteiger partial charge in [-0.05, 0) is 87.0 Å². The highest BCUT2D eigenvalue weighted by atomic mass is 19.4. The fraction of sp³-hybridized carbons (Fsp3) is 0.625. The fourth-order valence-corrected chi connectivity index (χ4v) is 4.76. The summed E-state index contributed by atoms with van der Waals surface area (Å²) in [7, 11) is 0. The molecule has 1 aromatic carbocycles. The van der Waals surface area contributed by atoms with Crippen LogP contribution in [0.5, 0.6) is 0 Å². The molecule has 0 spiro atoms. The molecule has 0 amide bonds. The van der Waals surface area contributed by atoms with Crippen LogP contribution in [0.15, 0.2) is 18.2 Å². The number of rotatable bonds is 5. The zero-order chi connectivity index (χ0) is 22.6. The van der Waals surface area contributed by atoms with Crippen LogP contribution in [-0.2, 0) is 9.53 Å². The highest BCUT2D eigenvalue weighted by Gasteiger charge is 2.31. The zero-order valence-electron chi connectivity index (χ0n) is 17.7. The van der Waals surface area contributed by atoms with Gasteiger partial charge in [-0.2, -0.15) is 13.2 Å². The van der Waals surface area contributed by atoms with Crippen LogP contribution in [0.3, 0.4) is 0 Å². The molecule has 0 atom stereocenters. The van der Waals surface area contributed by atoms with E-state index in [0.717, 1.165) is 44.2 Å². The Morgan fingerprint density at radius 1 is 1.00 bits per heavy atom. The second-order valence-corrected chi connectivity index (χ2v) is 8.81.